The van der Waals surface area contributed by atoms with Crippen molar-refractivity contribution in [2.75, 3.05) is 7.11 Å². The van der Waals surface area contributed by atoms with E-state index in [2.05, 4.69) is 14.7 Å². The van der Waals surface area contributed by atoms with Gasteiger partial charge in [-0.25, -0.2) is 18.1 Å². The summed E-state index contributed by atoms with van der Waals surface area (Å²) in [6.45, 7) is -0.128. The minimum atomic E-state index is -3.72. The van der Waals surface area contributed by atoms with Crippen molar-refractivity contribution in [3.05, 3.63) is 42.0 Å². The number of sulfonamides is 1. The lowest BCUT2D eigenvalue weighted by Crippen LogP contribution is -2.24. The minimum Gasteiger partial charge on any atom is -0.495 e. The van der Waals surface area contributed by atoms with Crippen LogP contribution in [0.25, 0.3) is 0 Å². The van der Waals surface area contributed by atoms with Crippen LogP contribution < -0.4 is 9.46 Å². The third kappa shape index (κ3) is 3.16. The number of imidazole rings is 1. The van der Waals surface area contributed by atoms with Gasteiger partial charge in [0.15, 0.2) is 0 Å². The predicted molar refractivity (Wildman–Crippen MR) is 71.5 cm³/mol. The lowest BCUT2D eigenvalue weighted by molar-refractivity contribution is 0.280. The third-order valence-electron chi connectivity index (χ3n) is 2.68. The van der Waals surface area contributed by atoms with Crippen LogP contribution in [0.3, 0.4) is 0 Å². The van der Waals surface area contributed by atoms with Gasteiger partial charge in [0.25, 0.3) is 0 Å². The molecule has 0 unspecified atom stereocenters. The van der Waals surface area contributed by atoms with E-state index in [1.807, 2.05) is 0 Å². The zero-order valence-electron chi connectivity index (χ0n) is 10.8. The Balaban J connectivity index is 2.24. The highest BCUT2D eigenvalue weighted by atomic mass is 32.2. The number of aliphatic hydroxyl groups is 1. The number of H-pyrrole nitrogens is 1. The van der Waals surface area contributed by atoms with Gasteiger partial charge in [-0.15, -0.1) is 0 Å². The largest absolute Gasteiger partial charge is 0.495 e. The smallest absolute Gasteiger partial charge is 0.244 e. The topological polar surface area (TPSA) is 104 Å². The summed E-state index contributed by atoms with van der Waals surface area (Å²) in [6, 6.07) is 4.42. The molecule has 1 aromatic heterocycles. The van der Waals surface area contributed by atoms with E-state index in [1.54, 1.807) is 12.4 Å². The fourth-order valence-electron chi connectivity index (χ4n) is 1.67. The molecule has 0 spiro atoms. The van der Waals surface area contributed by atoms with Crippen LogP contribution in [0.4, 0.5) is 0 Å². The van der Waals surface area contributed by atoms with Gasteiger partial charge in [0.05, 0.1) is 20.3 Å². The first-order chi connectivity index (χ1) is 9.56. The molecule has 0 bridgehead atoms. The van der Waals surface area contributed by atoms with E-state index in [9.17, 15) is 8.42 Å². The summed E-state index contributed by atoms with van der Waals surface area (Å²) in [5, 5.41) is 9.05. The zero-order chi connectivity index (χ0) is 14.6. The maximum Gasteiger partial charge on any atom is 0.244 e. The van der Waals surface area contributed by atoms with Crippen molar-refractivity contribution >= 4 is 10.0 Å². The third-order valence-corrected chi connectivity index (χ3v) is 4.13. The number of aromatic amines is 1. The van der Waals surface area contributed by atoms with E-state index in [1.165, 1.54) is 25.3 Å². The van der Waals surface area contributed by atoms with E-state index in [-0.39, 0.29) is 23.8 Å². The molecular formula is C12H15N3O4S. The highest BCUT2D eigenvalue weighted by Crippen LogP contribution is 2.25. The minimum absolute atomic E-state index is 0.0174. The van der Waals surface area contributed by atoms with Crippen LogP contribution in [0, 0.1) is 0 Å². The van der Waals surface area contributed by atoms with E-state index < -0.39 is 10.0 Å². The van der Waals surface area contributed by atoms with E-state index in [0.717, 1.165) is 0 Å². The number of aliphatic hydroxyl groups excluding tert-OH is 1. The molecule has 1 aromatic carbocycles. The lowest BCUT2D eigenvalue weighted by Gasteiger charge is -2.11. The van der Waals surface area contributed by atoms with Gasteiger partial charge in [-0.1, -0.05) is 6.07 Å². The molecule has 0 saturated heterocycles. The maximum absolute atomic E-state index is 12.2. The number of nitrogens with one attached hydrogen (secondary N) is 2. The summed E-state index contributed by atoms with van der Waals surface area (Å²) in [4.78, 5) is 6.76. The van der Waals surface area contributed by atoms with Gasteiger partial charge < -0.3 is 14.8 Å². The van der Waals surface area contributed by atoms with Crippen molar-refractivity contribution in [2.45, 2.75) is 18.0 Å². The second kappa shape index (κ2) is 6.04. The Kier molecular flexibility index (Phi) is 4.38. The van der Waals surface area contributed by atoms with Crippen molar-refractivity contribution in [3.63, 3.8) is 0 Å². The molecule has 108 valence electrons. The van der Waals surface area contributed by atoms with Gasteiger partial charge in [0.2, 0.25) is 10.0 Å². The van der Waals surface area contributed by atoms with E-state index in [0.29, 0.717) is 11.4 Å². The van der Waals surface area contributed by atoms with Crippen molar-refractivity contribution in [3.8, 4) is 5.75 Å². The summed E-state index contributed by atoms with van der Waals surface area (Å²) in [7, 11) is -2.34. The standard InChI is InChI=1S/C12H15N3O4S/c1-19-10-6-9(8-16)2-3-11(10)20(17,18)15-7-12-13-4-5-14-12/h2-6,15-16H,7-8H2,1H3,(H,13,14). The van der Waals surface area contributed by atoms with Crippen molar-refractivity contribution in [1.82, 2.24) is 14.7 Å². The highest BCUT2D eigenvalue weighted by Gasteiger charge is 2.19. The van der Waals surface area contributed by atoms with Gasteiger partial charge in [-0.3, -0.25) is 0 Å². The summed E-state index contributed by atoms with van der Waals surface area (Å²) in [6.07, 6.45) is 3.15. The number of nitrogens with zero attached hydrogens (tertiary/aromatic N) is 1. The predicted octanol–water partition coefficient (Wildman–Crippen LogP) is 0.389. The Morgan fingerprint density at radius 1 is 1.45 bits per heavy atom. The second-order valence-corrected chi connectivity index (χ2v) is 5.74. The molecule has 0 aliphatic heterocycles. The first kappa shape index (κ1) is 14.5. The number of benzene rings is 1. The molecule has 0 aliphatic carbocycles. The number of aromatic nitrogens is 2. The second-order valence-electron chi connectivity index (χ2n) is 4.00. The average molecular weight is 297 g/mol. The molecule has 2 aromatic rings. The molecule has 3 N–H and O–H groups in total. The SMILES string of the molecule is COc1cc(CO)ccc1S(=O)(=O)NCc1ncc[nH]1. The molecule has 1 heterocycles. The number of hydrogen-bond acceptors (Lipinski definition) is 5. The van der Waals surface area contributed by atoms with Gasteiger partial charge in [-0.2, -0.15) is 0 Å². The van der Waals surface area contributed by atoms with Gasteiger partial charge >= 0.3 is 0 Å². The fraction of sp³-hybridized carbons (Fsp3) is 0.250. The van der Waals surface area contributed by atoms with Crippen LogP contribution in [0.5, 0.6) is 5.75 Å². The maximum atomic E-state index is 12.2. The van der Waals surface area contributed by atoms with Crippen molar-refractivity contribution in [2.24, 2.45) is 0 Å². The van der Waals surface area contributed by atoms with Crippen LogP contribution in [-0.2, 0) is 23.2 Å². The fourth-order valence-corrected chi connectivity index (χ4v) is 2.80. The van der Waals surface area contributed by atoms with Gasteiger partial charge in [0, 0.05) is 12.4 Å². The van der Waals surface area contributed by atoms with Gasteiger partial charge in [-0.05, 0) is 17.7 Å². The van der Waals surface area contributed by atoms with E-state index >= 15 is 0 Å². The van der Waals surface area contributed by atoms with Crippen LogP contribution in [-0.4, -0.2) is 30.6 Å². The van der Waals surface area contributed by atoms with E-state index in [4.69, 9.17) is 9.84 Å². The summed E-state index contributed by atoms with van der Waals surface area (Å²) in [5.74, 6) is 0.697. The number of methoxy groups -OCH3 is 1. The molecule has 0 fully saturated rings. The number of ether oxygens (including phenoxy) is 1. The summed E-state index contributed by atoms with van der Waals surface area (Å²) in [5.41, 5.74) is 0.576. The average Bonchev–Trinajstić information content (AvgIpc) is 2.97. The molecule has 2 rings (SSSR count). The van der Waals surface area contributed by atoms with Gasteiger partial charge in [0.1, 0.15) is 16.5 Å². The zero-order valence-corrected chi connectivity index (χ0v) is 11.6. The monoisotopic (exact) mass is 297 g/mol. The molecule has 7 nitrogen and oxygen atoms in total. The molecule has 0 amide bonds. The molecule has 0 radical (unpaired) electrons. The quantitative estimate of drug-likeness (QED) is 0.715. The number of hydrogen-bond donors (Lipinski definition) is 3. The first-order valence-electron chi connectivity index (χ1n) is 5.82. The molecular weight excluding hydrogens is 282 g/mol. The Hall–Kier alpha value is -1.90. The van der Waals surface area contributed by atoms with Crippen molar-refractivity contribution < 1.29 is 18.3 Å². The first-order valence-corrected chi connectivity index (χ1v) is 7.31. The highest BCUT2D eigenvalue weighted by molar-refractivity contribution is 7.89. The molecule has 0 atom stereocenters. The van der Waals surface area contributed by atoms with Crippen LogP contribution >= 0.6 is 0 Å². The molecule has 8 heteroatoms. The Morgan fingerprint density at radius 3 is 2.85 bits per heavy atom. The number of rotatable bonds is 6. The van der Waals surface area contributed by atoms with Crippen molar-refractivity contribution in [1.29, 1.82) is 0 Å². The Labute approximate surface area is 116 Å². The van der Waals surface area contributed by atoms with Crippen LogP contribution in [0.15, 0.2) is 35.5 Å². The van der Waals surface area contributed by atoms with Crippen LogP contribution in [0.2, 0.25) is 0 Å². The van der Waals surface area contributed by atoms with Crippen LogP contribution in [0.1, 0.15) is 11.4 Å². The lowest BCUT2D eigenvalue weighted by atomic mass is 10.2. The molecule has 0 saturated carbocycles. The summed E-state index contributed by atoms with van der Waals surface area (Å²) >= 11 is 0. The Bertz CT molecular complexity index is 668. The molecule has 20 heavy (non-hydrogen) atoms. The normalized spacial score (nSPS) is 11.5. The molecule has 0 aliphatic rings. The Morgan fingerprint density at radius 2 is 2.25 bits per heavy atom. The summed E-state index contributed by atoms with van der Waals surface area (Å²) < 4.78 is 31.9.